The lowest BCUT2D eigenvalue weighted by atomic mass is 10.1. The van der Waals surface area contributed by atoms with Gasteiger partial charge in [-0.1, -0.05) is 27.5 Å². The van der Waals surface area contributed by atoms with Crippen LogP contribution < -0.4 is 0 Å². The van der Waals surface area contributed by atoms with Gasteiger partial charge in [-0.3, -0.25) is 5.10 Å². The van der Waals surface area contributed by atoms with Crippen LogP contribution >= 0.6 is 27.5 Å². The molecule has 0 amide bonds. The van der Waals surface area contributed by atoms with Crippen molar-refractivity contribution in [3.05, 3.63) is 17.2 Å². The molecule has 8 heteroatoms. The quantitative estimate of drug-likeness (QED) is 0.576. The lowest BCUT2D eigenvalue weighted by molar-refractivity contribution is 0.0324. The Morgan fingerprint density at radius 1 is 1.44 bits per heavy atom. The molecule has 0 fully saturated rings. The maximum atomic E-state index is 9.83. The summed E-state index contributed by atoms with van der Waals surface area (Å²) < 4.78 is 0. The molecular weight excluding hydrogens is 299 g/mol. The molecule has 0 saturated heterocycles. The minimum Gasteiger partial charge on any atom is -0.389 e. The predicted molar refractivity (Wildman–Crippen MR) is 61.5 cm³/mol. The van der Waals surface area contributed by atoms with Crippen molar-refractivity contribution < 1.29 is 10.2 Å². The Hall–Kier alpha value is -0.760. The number of fused-ring (bicyclic) bond motifs is 1. The van der Waals surface area contributed by atoms with Crippen molar-refractivity contribution in [1.82, 2.24) is 20.2 Å². The first-order valence-electron chi connectivity index (χ1n) is 4.41. The number of hydrogen-bond acceptors (Lipinski definition) is 5. The second-order valence-corrected chi connectivity index (χ2v) is 4.17. The van der Waals surface area contributed by atoms with Gasteiger partial charge in [0.15, 0.2) is 5.65 Å². The molecule has 0 bridgehead atoms. The van der Waals surface area contributed by atoms with E-state index in [0.717, 1.165) is 0 Å². The maximum absolute atomic E-state index is 9.83. The van der Waals surface area contributed by atoms with Gasteiger partial charge < -0.3 is 10.2 Å². The Morgan fingerprint density at radius 3 is 2.88 bits per heavy atom. The first kappa shape index (κ1) is 11.7. The van der Waals surface area contributed by atoms with Crippen LogP contribution in [-0.4, -0.2) is 41.8 Å². The van der Waals surface area contributed by atoms with Crippen molar-refractivity contribution >= 4 is 38.6 Å². The monoisotopic (exact) mass is 306 g/mol. The van der Waals surface area contributed by atoms with Gasteiger partial charge in [-0.15, -0.1) is 0 Å². The normalized spacial score (nSPS) is 15.2. The summed E-state index contributed by atoms with van der Waals surface area (Å²) in [5.41, 5.74) is 0.670. The van der Waals surface area contributed by atoms with Gasteiger partial charge >= 0.3 is 0 Å². The summed E-state index contributed by atoms with van der Waals surface area (Å²) >= 11 is 8.95. The second-order valence-electron chi connectivity index (χ2n) is 3.17. The van der Waals surface area contributed by atoms with Crippen LogP contribution in [0.15, 0.2) is 6.33 Å². The number of nitrogens with one attached hydrogen (secondary N) is 1. The van der Waals surface area contributed by atoms with Crippen LogP contribution in [0.4, 0.5) is 0 Å². The van der Waals surface area contributed by atoms with Gasteiger partial charge in [0.1, 0.15) is 17.6 Å². The molecule has 2 heterocycles. The molecule has 2 aromatic heterocycles. The summed E-state index contributed by atoms with van der Waals surface area (Å²) in [6.07, 6.45) is -0.796. The highest BCUT2D eigenvalue weighted by Gasteiger charge is 2.23. The average molecular weight is 308 g/mol. The third kappa shape index (κ3) is 1.91. The molecule has 0 aromatic carbocycles. The van der Waals surface area contributed by atoms with Gasteiger partial charge in [0.05, 0.1) is 17.2 Å². The third-order valence-electron chi connectivity index (χ3n) is 2.15. The van der Waals surface area contributed by atoms with E-state index in [0.29, 0.717) is 16.7 Å². The van der Waals surface area contributed by atoms with Crippen LogP contribution in [0.2, 0.25) is 5.15 Å². The number of alkyl halides is 1. The third-order valence-corrected chi connectivity index (χ3v) is 3.10. The highest BCUT2D eigenvalue weighted by molar-refractivity contribution is 9.09. The summed E-state index contributed by atoms with van der Waals surface area (Å²) in [7, 11) is 0. The number of nitrogens with zero attached hydrogens (tertiary/aromatic N) is 3. The molecule has 16 heavy (non-hydrogen) atoms. The number of H-pyrrole nitrogens is 1. The molecule has 6 nitrogen and oxygen atoms in total. The highest BCUT2D eigenvalue weighted by Crippen LogP contribution is 2.27. The van der Waals surface area contributed by atoms with Gasteiger partial charge in [-0.05, 0) is 0 Å². The smallest absolute Gasteiger partial charge is 0.185 e. The highest BCUT2D eigenvalue weighted by atomic mass is 79.9. The van der Waals surface area contributed by atoms with Crippen molar-refractivity contribution in [3.8, 4) is 0 Å². The van der Waals surface area contributed by atoms with Gasteiger partial charge in [-0.2, -0.15) is 5.10 Å². The molecule has 0 radical (unpaired) electrons. The molecule has 2 aromatic rings. The summed E-state index contributed by atoms with van der Waals surface area (Å²) in [6, 6.07) is 0. The van der Waals surface area contributed by atoms with Crippen LogP contribution in [0.3, 0.4) is 0 Å². The topological polar surface area (TPSA) is 94.9 Å². The van der Waals surface area contributed by atoms with Crippen molar-refractivity contribution in [1.29, 1.82) is 0 Å². The molecule has 0 aliphatic heterocycles. The number of aromatic nitrogens is 4. The SMILES string of the molecule is OC(CBr)C(O)c1[nH]nc2ncnc(Cl)c12. The molecule has 0 spiro atoms. The fraction of sp³-hybridized carbons (Fsp3) is 0.375. The summed E-state index contributed by atoms with van der Waals surface area (Å²) in [4.78, 5) is 7.69. The number of aliphatic hydroxyl groups is 2. The lowest BCUT2D eigenvalue weighted by Gasteiger charge is -2.13. The molecule has 3 N–H and O–H groups in total. The Morgan fingerprint density at radius 2 is 2.19 bits per heavy atom. The van der Waals surface area contributed by atoms with Crippen molar-refractivity contribution in [2.24, 2.45) is 0 Å². The zero-order chi connectivity index (χ0) is 11.7. The number of hydrogen-bond donors (Lipinski definition) is 3. The van der Waals surface area contributed by atoms with Crippen LogP contribution in [0.25, 0.3) is 11.0 Å². The Balaban J connectivity index is 2.53. The first-order valence-corrected chi connectivity index (χ1v) is 5.91. The molecule has 2 unspecified atom stereocenters. The fourth-order valence-electron chi connectivity index (χ4n) is 1.33. The number of rotatable bonds is 3. The predicted octanol–water partition coefficient (Wildman–Crippen LogP) is 0.795. The zero-order valence-electron chi connectivity index (χ0n) is 7.93. The van der Waals surface area contributed by atoms with Crippen molar-refractivity contribution in [3.63, 3.8) is 0 Å². The minimum absolute atomic E-state index is 0.189. The van der Waals surface area contributed by atoms with E-state index in [2.05, 4.69) is 36.1 Å². The van der Waals surface area contributed by atoms with E-state index in [1.54, 1.807) is 0 Å². The number of halogens is 2. The Bertz CT molecular complexity index is 506. The summed E-state index contributed by atoms with van der Waals surface area (Å²) in [5.74, 6) is 0. The molecule has 0 aliphatic carbocycles. The Labute approximate surface area is 104 Å². The molecule has 86 valence electrons. The number of aliphatic hydroxyl groups excluding tert-OH is 2. The van der Waals surface area contributed by atoms with Crippen LogP contribution in [0, 0.1) is 0 Å². The van der Waals surface area contributed by atoms with Crippen molar-refractivity contribution in [2.45, 2.75) is 12.2 Å². The first-order chi connectivity index (χ1) is 7.65. The van der Waals surface area contributed by atoms with E-state index >= 15 is 0 Å². The fourth-order valence-corrected chi connectivity index (χ4v) is 1.92. The summed E-state index contributed by atoms with van der Waals surface area (Å²) in [5, 5.41) is 26.7. The Kier molecular flexibility index (Phi) is 3.38. The average Bonchev–Trinajstić information content (AvgIpc) is 2.72. The van der Waals surface area contributed by atoms with Crippen molar-refractivity contribution in [2.75, 3.05) is 5.33 Å². The number of aromatic amines is 1. The van der Waals surface area contributed by atoms with Gasteiger partial charge in [0.2, 0.25) is 0 Å². The van der Waals surface area contributed by atoms with E-state index in [1.807, 2.05) is 0 Å². The molecule has 0 aliphatic rings. The summed E-state index contributed by atoms with van der Waals surface area (Å²) in [6.45, 7) is 0. The minimum atomic E-state index is -1.12. The maximum Gasteiger partial charge on any atom is 0.185 e. The van der Waals surface area contributed by atoms with E-state index in [9.17, 15) is 10.2 Å². The standard InChI is InChI=1S/C8H8BrClN4O2/c9-1-3(15)6(16)5-4-7(10)11-2-12-8(4)14-13-5/h2-3,6,15-16H,1H2,(H,11,12,13,14). The van der Waals surface area contributed by atoms with E-state index in [1.165, 1.54) is 6.33 Å². The van der Waals surface area contributed by atoms with Crippen LogP contribution in [-0.2, 0) is 0 Å². The second kappa shape index (κ2) is 4.62. The van der Waals surface area contributed by atoms with E-state index in [-0.39, 0.29) is 10.5 Å². The molecule has 2 rings (SSSR count). The van der Waals surface area contributed by atoms with Crippen LogP contribution in [0.1, 0.15) is 11.8 Å². The van der Waals surface area contributed by atoms with Gasteiger partial charge in [0.25, 0.3) is 0 Å². The molecular formula is C8H8BrClN4O2. The largest absolute Gasteiger partial charge is 0.389 e. The van der Waals surface area contributed by atoms with Gasteiger partial charge in [0, 0.05) is 5.33 Å². The van der Waals surface area contributed by atoms with E-state index in [4.69, 9.17) is 11.6 Å². The van der Waals surface area contributed by atoms with Gasteiger partial charge in [-0.25, -0.2) is 9.97 Å². The zero-order valence-corrected chi connectivity index (χ0v) is 10.3. The molecule has 0 saturated carbocycles. The molecule has 2 atom stereocenters. The van der Waals surface area contributed by atoms with E-state index < -0.39 is 12.2 Å². The lowest BCUT2D eigenvalue weighted by Crippen LogP contribution is -2.20. The van der Waals surface area contributed by atoms with Crippen LogP contribution in [0.5, 0.6) is 0 Å².